The van der Waals surface area contributed by atoms with E-state index in [4.69, 9.17) is 20.0 Å². The zero-order valence-corrected chi connectivity index (χ0v) is 11.8. The van der Waals surface area contributed by atoms with E-state index >= 15 is 0 Å². The Kier molecular flexibility index (Phi) is 5.27. The lowest BCUT2D eigenvalue weighted by molar-refractivity contribution is 0.507. The summed E-state index contributed by atoms with van der Waals surface area (Å²) >= 11 is 0. The zero-order valence-electron chi connectivity index (χ0n) is 11.8. The number of aliphatic imine (C=N–C) groups is 1. The van der Waals surface area contributed by atoms with Crippen LogP contribution in [0.3, 0.4) is 0 Å². The highest BCUT2D eigenvalue weighted by molar-refractivity contribution is 5.72. The van der Waals surface area contributed by atoms with Gasteiger partial charge >= 0.3 is 0 Å². The maximum absolute atomic E-state index is 10.4. The van der Waals surface area contributed by atoms with E-state index in [2.05, 4.69) is 4.99 Å². The van der Waals surface area contributed by atoms with E-state index in [1.165, 1.54) is 12.1 Å². The van der Waals surface area contributed by atoms with Crippen molar-refractivity contribution in [2.45, 2.75) is 0 Å². The van der Waals surface area contributed by atoms with E-state index in [-0.39, 0.29) is 5.75 Å². The summed E-state index contributed by atoms with van der Waals surface area (Å²) in [6.45, 7) is 0. The Bertz CT molecular complexity index is 852. The number of benzene rings is 2. The van der Waals surface area contributed by atoms with Crippen LogP contribution in [0.2, 0.25) is 0 Å². The molecule has 2 aromatic carbocycles. The Morgan fingerprint density at radius 1 is 0.870 bits per heavy atom. The minimum Gasteiger partial charge on any atom is -0.388 e. The molecule has 0 aliphatic carbocycles. The second kappa shape index (κ2) is 7.80. The molecule has 0 saturated carbocycles. The van der Waals surface area contributed by atoms with E-state index in [9.17, 15) is 4.79 Å². The number of hydrogen-bond acceptors (Lipinski definition) is 6. The molecule has 0 amide bonds. The van der Waals surface area contributed by atoms with E-state index in [0.29, 0.717) is 17.0 Å². The summed E-state index contributed by atoms with van der Waals surface area (Å²) in [6.07, 6.45) is 8.20. The lowest BCUT2D eigenvalue weighted by Crippen LogP contribution is -1.83. The van der Waals surface area contributed by atoms with Gasteiger partial charge in [-0.15, -0.1) is 10.5 Å². The van der Waals surface area contributed by atoms with Crippen LogP contribution in [0.25, 0.3) is 12.2 Å². The van der Waals surface area contributed by atoms with Crippen molar-refractivity contribution in [2.24, 2.45) is 4.99 Å². The fourth-order valence-corrected chi connectivity index (χ4v) is 1.82. The molecule has 0 fully saturated rings. The van der Waals surface area contributed by atoms with Gasteiger partial charge in [0.15, 0.2) is 0 Å². The van der Waals surface area contributed by atoms with Gasteiger partial charge in [-0.3, -0.25) is 0 Å². The Hall–Kier alpha value is -3.86. The molecule has 0 radical (unpaired) electrons. The summed E-state index contributed by atoms with van der Waals surface area (Å²) in [5.41, 5.74) is 1.91. The van der Waals surface area contributed by atoms with Crippen LogP contribution < -0.4 is 9.47 Å². The molecule has 0 N–H and O–H groups in total. The van der Waals surface area contributed by atoms with Crippen LogP contribution >= 0.6 is 0 Å². The first-order chi connectivity index (χ1) is 11.2. The van der Waals surface area contributed by atoms with Gasteiger partial charge in [0.05, 0.1) is 5.69 Å². The van der Waals surface area contributed by atoms with E-state index < -0.39 is 0 Å². The quantitative estimate of drug-likeness (QED) is 0.364. The van der Waals surface area contributed by atoms with Gasteiger partial charge in [-0.25, -0.2) is 4.79 Å². The van der Waals surface area contributed by atoms with Gasteiger partial charge in [-0.1, -0.05) is 24.3 Å². The van der Waals surface area contributed by atoms with Gasteiger partial charge in [0.1, 0.15) is 11.5 Å². The molecule has 23 heavy (non-hydrogen) atoms. The molecule has 6 heteroatoms. The fraction of sp³-hybridized carbons (Fsp3) is 0. The number of hydrogen-bond donors (Lipinski definition) is 0. The van der Waals surface area contributed by atoms with Gasteiger partial charge < -0.3 is 9.47 Å². The Labute approximate surface area is 132 Å². The van der Waals surface area contributed by atoms with E-state index in [1.807, 2.05) is 6.08 Å². The van der Waals surface area contributed by atoms with Crippen molar-refractivity contribution in [1.82, 2.24) is 0 Å². The number of isocyanates is 1. The van der Waals surface area contributed by atoms with E-state index in [0.717, 1.165) is 5.56 Å². The maximum atomic E-state index is 10.4. The first kappa shape index (κ1) is 15.5. The average molecular weight is 303 g/mol. The van der Waals surface area contributed by atoms with Crippen molar-refractivity contribution in [3.05, 3.63) is 53.6 Å². The number of nitriles is 2. The van der Waals surface area contributed by atoms with Crippen LogP contribution in [-0.2, 0) is 4.79 Å². The smallest absolute Gasteiger partial charge is 0.292 e. The summed E-state index contributed by atoms with van der Waals surface area (Å²) in [5.74, 6) is 0.734. The van der Waals surface area contributed by atoms with Gasteiger partial charge in [-0.2, -0.15) is 4.99 Å². The monoisotopic (exact) mass is 303 g/mol. The Morgan fingerprint density at radius 3 is 2.17 bits per heavy atom. The molecule has 0 spiro atoms. The topological polar surface area (TPSA) is 95.5 Å². The van der Waals surface area contributed by atoms with Gasteiger partial charge in [0.2, 0.25) is 6.08 Å². The van der Waals surface area contributed by atoms with Crippen molar-refractivity contribution >= 4 is 23.9 Å². The lowest BCUT2D eigenvalue weighted by atomic mass is 10.1. The summed E-state index contributed by atoms with van der Waals surface area (Å²) in [7, 11) is 0. The second-order valence-electron chi connectivity index (χ2n) is 4.25. The van der Waals surface area contributed by atoms with Crippen LogP contribution in [0.15, 0.2) is 47.5 Å². The lowest BCUT2D eigenvalue weighted by Gasteiger charge is -2.01. The molecule has 0 aromatic heterocycles. The highest BCUT2D eigenvalue weighted by Crippen LogP contribution is 2.24. The first-order valence-electron chi connectivity index (χ1n) is 6.38. The SMILES string of the molecule is N#COc1ccc(/C=C/c2cc(N=C=O)cc(OC#N)c2)cc1. The van der Waals surface area contributed by atoms with Crippen LogP contribution in [0.1, 0.15) is 11.1 Å². The molecular weight excluding hydrogens is 294 g/mol. The molecule has 110 valence electrons. The van der Waals surface area contributed by atoms with Crippen molar-refractivity contribution in [2.75, 3.05) is 0 Å². The van der Waals surface area contributed by atoms with Gasteiger partial charge in [-0.05, 0) is 35.4 Å². The van der Waals surface area contributed by atoms with Crippen LogP contribution in [0.5, 0.6) is 11.5 Å². The number of carbonyl (C=O) groups excluding carboxylic acids is 1. The normalized spacial score (nSPS) is 9.48. The summed E-state index contributed by atoms with van der Waals surface area (Å²) < 4.78 is 9.46. The predicted octanol–water partition coefficient (Wildman–Crippen LogP) is 3.54. The summed E-state index contributed by atoms with van der Waals surface area (Å²) in [5, 5.41) is 17.0. The molecule has 0 heterocycles. The number of nitrogens with zero attached hydrogens (tertiary/aromatic N) is 3. The number of ether oxygens (including phenoxy) is 2. The summed E-state index contributed by atoms with van der Waals surface area (Å²) in [4.78, 5) is 13.9. The minimum atomic E-state index is 0.279. The van der Waals surface area contributed by atoms with Crippen molar-refractivity contribution in [3.63, 3.8) is 0 Å². The Morgan fingerprint density at radius 2 is 1.52 bits per heavy atom. The van der Waals surface area contributed by atoms with Gasteiger partial charge in [0, 0.05) is 6.07 Å². The van der Waals surface area contributed by atoms with Crippen molar-refractivity contribution < 1.29 is 14.3 Å². The molecular formula is C17H9N3O3. The minimum absolute atomic E-state index is 0.279. The molecule has 2 rings (SSSR count). The van der Waals surface area contributed by atoms with Crippen molar-refractivity contribution in [3.8, 4) is 24.0 Å². The molecule has 0 atom stereocenters. The zero-order chi connectivity index (χ0) is 16.5. The number of rotatable bonds is 5. The van der Waals surface area contributed by atoms with Gasteiger partial charge in [0.25, 0.3) is 12.5 Å². The highest BCUT2D eigenvalue weighted by atomic mass is 16.5. The molecule has 0 bridgehead atoms. The molecule has 6 nitrogen and oxygen atoms in total. The highest BCUT2D eigenvalue weighted by Gasteiger charge is 2.00. The molecule has 2 aromatic rings. The molecule has 0 aliphatic heterocycles. The predicted molar refractivity (Wildman–Crippen MR) is 82.1 cm³/mol. The van der Waals surface area contributed by atoms with Crippen LogP contribution in [-0.4, -0.2) is 6.08 Å². The second-order valence-corrected chi connectivity index (χ2v) is 4.25. The third-order valence-corrected chi connectivity index (χ3v) is 2.76. The molecule has 0 unspecified atom stereocenters. The van der Waals surface area contributed by atoms with E-state index in [1.54, 1.807) is 55.0 Å². The molecule has 0 aliphatic rings. The first-order valence-corrected chi connectivity index (χ1v) is 6.38. The van der Waals surface area contributed by atoms with Crippen molar-refractivity contribution in [1.29, 1.82) is 10.5 Å². The average Bonchev–Trinajstić information content (AvgIpc) is 2.55. The molecule has 0 saturated heterocycles. The largest absolute Gasteiger partial charge is 0.388 e. The summed E-state index contributed by atoms with van der Waals surface area (Å²) in [6, 6.07) is 11.6. The Balaban J connectivity index is 2.25. The maximum Gasteiger partial charge on any atom is 0.292 e. The third kappa shape index (κ3) is 4.57. The van der Waals surface area contributed by atoms with Crippen LogP contribution in [0, 0.1) is 23.0 Å². The third-order valence-electron chi connectivity index (χ3n) is 2.76. The van der Waals surface area contributed by atoms with Crippen LogP contribution in [0.4, 0.5) is 5.69 Å². The standard InChI is InChI=1S/C17H9N3O3/c18-10-22-16-5-3-13(4-6-16)1-2-14-7-15(20-12-21)9-17(8-14)23-11-19/h1-9H/b2-1+. The fourth-order valence-electron chi connectivity index (χ4n) is 1.82.